The summed E-state index contributed by atoms with van der Waals surface area (Å²) >= 11 is 7.35. The summed E-state index contributed by atoms with van der Waals surface area (Å²) in [4.78, 5) is 11.2. The summed E-state index contributed by atoms with van der Waals surface area (Å²) in [6.45, 7) is 4.06. The Kier molecular flexibility index (Phi) is 6.04. The van der Waals surface area contributed by atoms with Gasteiger partial charge in [0.05, 0.1) is 5.75 Å². The molecule has 0 saturated heterocycles. The van der Waals surface area contributed by atoms with E-state index in [2.05, 4.69) is 11.9 Å². The van der Waals surface area contributed by atoms with Crippen molar-refractivity contribution in [1.29, 1.82) is 0 Å². The lowest BCUT2D eigenvalue weighted by Crippen LogP contribution is -2.24. The van der Waals surface area contributed by atoms with E-state index in [1.165, 1.54) is 5.56 Å². The van der Waals surface area contributed by atoms with Gasteiger partial charge in [-0.1, -0.05) is 29.8 Å². The second kappa shape index (κ2) is 7.36. The number of nitrogens with one attached hydrogen (secondary N) is 1. The normalized spacial score (nSPS) is 9.81. The fraction of sp³-hybridized carbons (Fsp3) is 0.250. The number of hydrogen-bond donors (Lipinski definition) is 1. The average Bonchev–Trinajstić information content (AvgIpc) is 2.29. The van der Waals surface area contributed by atoms with Gasteiger partial charge in [-0.05, 0) is 17.7 Å². The minimum absolute atomic E-state index is 0.0406. The van der Waals surface area contributed by atoms with E-state index in [-0.39, 0.29) is 5.91 Å². The molecule has 1 aromatic rings. The third-order valence-electron chi connectivity index (χ3n) is 1.86. The molecule has 16 heavy (non-hydrogen) atoms. The Morgan fingerprint density at radius 1 is 1.44 bits per heavy atom. The van der Waals surface area contributed by atoms with Crippen molar-refractivity contribution in [2.24, 2.45) is 0 Å². The van der Waals surface area contributed by atoms with E-state index in [1.54, 1.807) is 17.8 Å². The lowest BCUT2D eigenvalue weighted by atomic mass is 10.2. The first kappa shape index (κ1) is 13.1. The summed E-state index contributed by atoms with van der Waals surface area (Å²) in [6, 6.07) is 7.65. The maximum Gasteiger partial charge on any atom is 0.230 e. The van der Waals surface area contributed by atoms with Gasteiger partial charge in [0.15, 0.2) is 0 Å². The minimum atomic E-state index is 0.0406. The molecule has 0 aromatic heterocycles. The monoisotopic (exact) mass is 255 g/mol. The van der Waals surface area contributed by atoms with E-state index >= 15 is 0 Å². The molecule has 0 atom stereocenters. The van der Waals surface area contributed by atoms with Crippen LogP contribution in [0.3, 0.4) is 0 Å². The zero-order valence-electron chi connectivity index (χ0n) is 8.91. The lowest BCUT2D eigenvalue weighted by molar-refractivity contribution is -0.118. The van der Waals surface area contributed by atoms with Crippen LogP contribution in [0, 0.1) is 0 Å². The number of amides is 1. The summed E-state index contributed by atoms with van der Waals surface area (Å²) in [5.74, 6) is 1.33. The molecule has 0 fully saturated rings. The standard InChI is InChI=1S/C12H14ClNOS/c1-2-7-14-12(15)9-16-8-10-3-5-11(13)6-4-10/h2-6H,1,7-9H2,(H,14,15). The predicted octanol–water partition coefficient (Wildman–Crippen LogP) is 2.88. The predicted molar refractivity (Wildman–Crippen MR) is 70.8 cm³/mol. The fourth-order valence-corrected chi connectivity index (χ4v) is 2.02. The fourth-order valence-electron chi connectivity index (χ4n) is 1.08. The Hall–Kier alpha value is -0.930. The topological polar surface area (TPSA) is 29.1 Å². The molecule has 0 aliphatic heterocycles. The highest BCUT2D eigenvalue weighted by Gasteiger charge is 2.00. The highest BCUT2D eigenvalue weighted by molar-refractivity contribution is 7.99. The first-order valence-electron chi connectivity index (χ1n) is 4.92. The molecule has 4 heteroatoms. The van der Waals surface area contributed by atoms with Crippen LogP contribution in [0.15, 0.2) is 36.9 Å². The molecule has 1 rings (SSSR count). The molecule has 0 aliphatic rings. The molecule has 1 aromatic carbocycles. The van der Waals surface area contributed by atoms with E-state index in [1.807, 2.05) is 24.3 Å². The van der Waals surface area contributed by atoms with Crippen molar-refractivity contribution in [3.05, 3.63) is 47.5 Å². The smallest absolute Gasteiger partial charge is 0.230 e. The van der Waals surface area contributed by atoms with E-state index in [0.717, 1.165) is 10.8 Å². The van der Waals surface area contributed by atoms with Gasteiger partial charge >= 0.3 is 0 Å². The molecule has 0 radical (unpaired) electrons. The SMILES string of the molecule is C=CCNC(=O)CSCc1ccc(Cl)cc1. The van der Waals surface area contributed by atoms with E-state index < -0.39 is 0 Å². The maximum absolute atomic E-state index is 11.2. The van der Waals surface area contributed by atoms with Gasteiger partial charge < -0.3 is 5.32 Å². The van der Waals surface area contributed by atoms with Gasteiger partial charge in [-0.2, -0.15) is 0 Å². The van der Waals surface area contributed by atoms with Crippen LogP contribution in [-0.2, 0) is 10.5 Å². The van der Waals surface area contributed by atoms with E-state index in [9.17, 15) is 4.79 Å². The number of thioether (sulfide) groups is 1. The summed E-state index contributed by atoms with van der Waals surface area (Å²) in [7, 11) is 0. The molecule has 0 saturated carbocycles. The van der Waals surface area contributed by atoms with Crippen molar-refractivity contribution >= 4 is 29.3 Å². The second-order valence-corrected chi connectivity index (χ2v) is 4.63. The molecular formula is C12H14ClNOS. The first-order chi connectivity index (χ1) is 7.72. The van der Waals surface area contributed by atoms with Crippen LogP contribution < -0.4 is 5.32 Å². The average molecular weight is 256 g/mol. The van der Waals surface area contributed by atoms with Gasteiger partial charge in [0.25, 0.3) is 0 Å². The Bertz CT molecular complexity index is 351. The molecule has 2 nitrogen and oxygen atoms in total. The van der Waals surface area contributed by atoms with Crippen LogP contribution in [-0.4, -0.2) is 18.2 Å². The number of hydrogen-bond acceptors (Lipinski definition) is 2. The van der Waals surface area contributed by atoms with Crippen LogP contribution in [0.5, 0.6) is 0 Å². The number of carbonyl (C=O) groups is 1. The zero-order chi connectivity index (χ0) is 11.8. The number of halogens is 1. The summed E-state index contributed by atoms with van der Waals surface area (Å²) in [5.41, 5.74) is 1.17. The zero-order valence-corrected chi connectivity index (χ0v) is 10.5. The molecule has 86 valence electrons. The molecule has 1 N–H and O–H groups in total. The summed E-state index contributed by atoms with van der Waals surface area (Å²) in [5, 5.41) is 3.46. The lowest BCUT2D eigenvalue weighted by Gasteiger charge is -2.03. The molecule has 0 heterocycles. The molecule has 0 spiro atoms. The Morgan fingerprint density at radius 2 is 2.12 bits per heavy atom. The Balaban J connectivity index is 2.22. The van der Waals surface area contributed by atoms with Crippen LogP contribution >= 0.6 is 23.4 Å². The van der Waals surface area contributed by atoms with Crippen LogP contribution in [0.25, 0.3) is 0 Å². The minimum Gasteiger partial charge on any atom is -0.352 e. The Labute approximate surface area is 105 Å². The first-order valence-corrected chi connectivity index (χ1v) is 6.45. The molecule has 1 amide bonds. The molecular weight excluding hydrogens is 242 g/mol. The number of benzene rings is 1. The number of rotatable bonds is 6. The maximum atomic E-state index is 11.2. The van der Waals surface area contributed by atoms with Crippen LogP contribution in [0.1, 0.15) is 5.56 Å². The van der Waals surface area contributed by atoms with Gasteiger partial charge in [-0.25, -0.2) is 0 Å². The Morgan fingerprint density at radius 3 is 2.75 bits per heavy atom. The summed E-state index contributed by atoms with van der Waals surface area (Å²) in [6.07, 6.45) is 1.67. The summed E-state index contributed by atoms with van der Waals surface area (Å²) < 4.78 is 0. The number of carbonyl (C=O) groups excluding carboxylic acids is 1. The molecule has 0 bridgehead atoms. The van der Waals surface area contributed by atoms with Crippen molar-refractivity contribution in [2.45, 2.75) is 5.75 Å². The van der Waals surface area contributed by atoms with E-state index in [4.69, 9.17) is 11.6 Å². The molecule has 0 unspecified atom stereocenters. The van der Waals surface area contributed by atoms with Crippen molar-refractivity contribution < 1.29 is 4.79 Å². The van der Waals surface area contributed by atoms with Gasteiger partial charge in [-0.15, -0.1) is 18.3 Å². The third-order valence-corrected chi connectivity index (χ3v) is 3.11. The van der Waals surface area contributed by atoms with Gasteiger partial charge in [0, 0.05) is 17.3 Å². The van der Waals surface area contributed by atoms with Gasteiger partial charge in [0.1, 0.15) is 0 Å². The highest BCUT2D eigenvalue weighted by Crippen LogP contribution is 2.15. The van der Waals surface area contributed by atoms with Gasteiger partial charge in [-0.3, -0.25) is 4.79 Å². The second-order valence-electron chi connectivity index (χ2n) is 3.21. The quantitative estimate of drug-likeness (QED) is 0.792. The van der Waals surface area contributed by atoms with Crippen molar-refractivity contribution in [1.82, 2.24) is 5.32 Å². The molecule has 0 aliphatic carbocycles. The van der Waals surface area contributed by atoms with Gasteiger partial charge in [0.2, 0.25) is 5.91 Å². The third kappa shape index (κ3) is 5.24. The highest BCUT2D eigenvalue weighted by atomic mass is 35.5. The van der Waals surface area contributed by atoms with Crippen LogP contribution in [0.2, 0.25) is 5.02 Å². The van der Waals surface area contributed by atoms with Crippen molar-refractivity contribution in [3.8, 4) is 0 Å². The van der Waals surface area contributed by atoms with Crippen molar-refractivity contribution in [3.63, 3.8) is 0 Å². The van der Waals surface area contributed by atoms with E-state index in [0.29, 0.717) is 12.3 Å². The van der Waals surface area contributed by atoms with Crippen molar-refractivity contribution in [2.75, 3.05) is 12.3 Å². The van der Waals surface area contributed by atoms with Crippen LogP contribution in [0.4, 0.5) is 0 Å². The largest absolute Gasteiger partial charge is 0.352 e.